The molecule has 1 aliphatic rings. The van der Waals surface area contributed by atoms with E-state index in [9.17, 15) is 22.8 Å². The molecule has 26 heavy (non-hydrogen) atoms. The van der Waals surface area contributed by atoms with Crippen molar-refractivity contribution in [3.8, 4) is 0 Å². The molecule has 0 fully saturated rings. The third-order valence-electron chi connectivity index (χ3n) is 3.74. The van der Waals surface area contributed by atoms with Crippen molar-refractivity contribution in [3.63, 3.8) is 0 Å². The fraction of sp³-hybridized carbons (Fsp3) is 0.235. The molecule has 0 saturated heterocycles. The average Bonchev–Trinajstić information content (AvgIpc) is 2.59. The van der Waals surface area contributed by atoms with Gasteiger partial charge in [-0.15, -0.1) is 0 Å². The fourth-order valence-electron chi connectivity index (χ4n) is 2.53. The highest BCUT2D eigenvalue weighted by Crippen LogP contribution is 2.37. The van der Waals surface area contributed by atoms with Gasteiger partial charge in [0, 0.05) is 6.20 Å². The van der Waals surface area contributed by atoms with Crippen LogP contribution in [-0.4, -0.2) is 28.6 Å². The molecule has 9 heteroatoms. The van der Waals surface area contributed by atoms with Crippen molar-refractivity contribution in [1.82, 2.24) is 4.98 Å². The Balaban J connectivity index is 1.87. The summed E-state index contributed by atoms with van der Waals surface area (Å²) in [5.41, 5.74) is -0.669. The number of nitrogens with zero attached hydrogens (tertiary/aromatic N) is 2. The average molecular weight is 381 g/mol. The molecule has 1 aromatic carbocycles. The van der Waals surface area contributed by atoms with Crippen molar-refractivity contribution in [2.45, 2.75) is 23.4 Å². The molecule has 0 saturated carbocycles. The minimum absolute atomic E-state index is 0.0283. The third kappa shape index (κ3) is 3.82. The number of benzene rings is 1. The minimum Gasteiger partial charge on any atom is -0.323 e. The van der Waals surface area contributed by atoms with Gasteiger partial charge in [-0.2, -0.15) is 13.2 Å². The maximum Gasteiger partial charge on any atom is 0.416 e. The Morgan fingerprint density at radius 1 is 1.31 bits per heavy atom. The molecule has 2 heterocycles. The lowest BCUT2D eigenvalue weighted by atomic mass is 10.1. The number of hydrogen-bond acceptors (Lipinski definition) is 4. The molecular formula is C17H14F3N3O2S. The molecular weight excluding hydrogens is 367 g/mol. The second-order valence-corrected chi connectivity index (χ2v) is 6.99. The fourth-order valence-corrected chi connectivity index (χ4v) is 3.40. The van der Waals surface area contributed by atoms with Crippen LogP contribution in [-0.2, 0) is 15.8 Å². The first-order valence-electron chi connectivity index (χ1n) is 7.66. The van der Waals surface area contributed by atoms with Crippen LogP contribution in [0.2, 0.25) is 0 Å². The van der Waals surface area contributed by atoms with Crippen LogP contribution in [0.25, 0.3) is 0 Å². The summed E-state index contributed by atoms with van der Waals surface area (Å²) in [6.07, 6.45) is -2.93. The van der Waals surface area contributed by atoms with Gasteiger partial charge in [0.1, 0.15) is 6.54 Å². The number of anilines is 2. The van der Waals surface area contributed by atoms with E-state index in [0.717, 1.165) is 12.1 Å². The topological polar surface area (TPSA) is 62.3 Å². The zero-order chi connectivity index (χ0) is 18.9. The van der Waals surface area contributed by atoms with E-state index in [4.69, 9.17) is 0 Å². The molecule has 0 bridgehead atoms. The van der Waals surface area contributed by atoms with E-state index in [2.05, 4.69) is 10.3 Å². The van der Waals surface area contributed by atoms with Crippen LogP contribution in [0.15, 0.2) is 47.6 Å². The second-order valence-electron chi connectivity index (χ2n) is 5.63. The Kier molecular flexibility index (Phi) is 4.90. The van der Waals surface area contributed by atoms with Crippen molar-refractivity contribution in [2.75, 3.05) is 16.8 Å². The molecule has 1 N–H and O–H groups in total. The van der Waals surface area contributed by atoms with Crippen LogP contribution in [0.5, 0.6) is 0 Å². The number of alkyl halides is 3. The first kappa shape index (κ1) is 18.2. The van der Waals surface area contributed by atoms with E-state index in [1.54, 1.807) is 31.3 Å². The lowest BCUT2D eigenvalue weighted by molar-refractivity contribution is -0.137. The van der Waals surface area contributed by atoms with Crippen molar-refractivity contribution in [2.24, 2.45) is 0 Å². The molecule has 5 nitrogen and oxygen atoms in total. The maximum atomic E-state index is 12.9. The van der Waals surface area contributed by atoms with Crippen molar-refractivity contribution in [1.29, 1.82) is 0 Å². The number of aromatic nitrogens is 1. The van der Waals surface area contributed by atoms with Crippen LogP contribution >= 0.6 is 11.8 Å². The quantitative estimate of drug-likeness (QED) is 0.826. The molecule has 2 amide bonds. The highest BCUT2D eigenvalue weighted by molar-refractivity contribution is 8.00. The SMILES string of the molecule is C[C@@H](Sc1ccccn1)C(=O)N1CC(=O)Nc2cc(C(F)(F)F)ccc21. The van der Waals surface area contributed by atoms with Gasteiger partial charge in [0.15, 0.2) is 0 Å². The number of hydrogen-bond donors (Lipinski definition) is 1. The second kappa shape index (κ2) is 6.99. The van der Waals surface area contributed by atoms with Gasteiger partial charge in [0.25, 0.3) is 0 Å². The molecule has 0 unspecified atom stereocenters. The normalized spacial score (nSPS) is 15.2. The van der Waals surface area contributed by atoms with Crippen LogP contribution in [0.4, 0.5) is 24.5 Å². The molecule has 3 rings (SSSR count). The zero-order valence-corrected chi connectivity index (χ0v) is 14.4. The Bertz CT molecular complexity index is 843. The smallest absolute Gasteiger partial charge is 0.323 e. The monoisotopic (exact) mass is 381 g/mol. The van der Waals surface area contributed by atoms with Gasteiger partial charge < -0.3 is 5.32 Å². The number of carbonyl (C=O) groups excluding carboxylic acids is 2. The highest BCUT2D eigenvalue weighted by Gasteiger charge is 2.35. The van der Waals surface area contributed by atoms with Crippen molar-refractivity contribution in [3.05, 3.63) is 48.2 Å². The number of thioether (sulfide) groups is 1. The van der Waals surface area contributed by atoms with Crippen LogP contribution in [0, 0.1) is 0 Å². The summed E-state index contributed by atoms with van der Waals surface area (Å²) in [5.74, 6) is -0.920. The molecule has 2 aromatic rings. The summed E-state index contributed by atoms with van der Waals surface area (Å²) in [6.45, 7) is 1.42. The third-order valence-corrected chi connectivity index (χ3v) is 4.78. The summed E-state index contributed by atoms with van der Waals surface area (Å²) in [5, 5.41) is 2.47. The van der Waals surface area contributed by atoms with E-state index in [0.29, 0.717) is 5.03 Å². The van der Waals surface area contributed by atoms with Crippen LogP contribution in [0.3, 0.4) is 0 Å². The molecule has 0 radical (unpaired) electrons. The van der Waals surface area contributed by atoms with Gasteiger partial charge >= 0.3 is 6.18 Å². The van der Waals surface area contributed by atoms with E-state index in [-0.39, 0.29) is 23.8 Å². The Morgan fingerprint density at radius 3 is 2.73 bits per heavy atom. The molecule has 136 valence electrons. The standard InChI is InChI=1S/C17H14F3N3O2S/c1-10(26-15-4-2-3-7-21-15)16(25)23-9-14(24)22-12-8-11(17(18,19)20)5-6-13(12)23/h2-8,10H,9H2,1H3,(H,22,24)/t10-/m1/s1. The first-order chi connectivity index (χ1) is 12.3. The molecule has 0 spiro atoms. The zero-order valence-electron chi connectivity index (χ0n) is 13.6. The molecule has 1 aliphatic heterocycles. The Morgan fingerprint density at radius 2 is 2.08 bits per heavy atom. The van der Waals surface area contributed by atoms with Gasteiger partial charge in [-0.25, -0.2) is 4.98 Å². The number of rotatable bonds is 3. The van der Waals surface area contributed by atoms with Gasteiger partial charge in [-0.05, 0) is 37.3 Å². The summed E-state index contributed by atoms with van der Waals surface area (Å²) in [7, 11) is 0. The predicted octanol–water partition coefficient (Wildman–Crippen LogP) is 3.57. The number of nitrogens with one attached hydrogen (secondary N) is 1. The lowest BCUT2D eigenvalue weighted by Gasteiger charge is -2.31. The van der Waals surface area contributed by atoms with Gasteiger partial charge in [-0.3, -0.25) is 14.5 Å². The number of halogens is 3. The summed E-state index contributed by atoms with van der Waals surface area (Å²) in [6, 6.07) is 8.22. The Labute approximate surface area is 151 Å². The van der Waals surface area contributed by atoms with Crippen LogP contribution in [0.1, 0.15) is 12.5 Å². The number of pyridine rings is 1. The van der Waals surface area contributed by atoms with Crippen molar-refractivity contribution < 1.29 is 22.8 Å². The van der Waals surface area contributed by atoms with Gasteiger partial charge in [0.05, 0.1) is 27.2 Å². The largest absolute Gasteiger partial charge is 0.416 e. The molecule has 1 atom stereocenters. The van der Waals surface area contributed by atoms with Crippen molar-refractivity contribution >= 4 is 35.0 Å². The number of carbonyl (C=O) groups is 2. The van der Waals surface area contributed by atoms with E-state index in [1.165, 1.54) is 22.7 Å². The summed E-state index contributed by atoms with van der Waals surface area (Å²) >= 11 is 1.21. The number of amides is 2. The lowest BCUT2D eigenvalue weighted by Crippen LogP contribution is -2.45. The predicted molar refractivity (Wildman–Crippen MR) is 92.0 cm³/mol. The number of fused-ring (bicyclic) bond motifs is 1. The summed E-state index contributed by atoms with van der Waals surface area (Å²) < 4.78 is 38.6. The maximum absolute atomic E-state index is 12.9. The molecule has 1 aromatic heterocycles. The van der Waals surface area contributed by atoms with Crippen LogP contribution < -0.4 is 10.2 Å². The van der Waals surface area contributed by atoms with Gasteiger partial charge in [-0.1, -0.05) is 17.8 Å². The van der Waals surface area contributed by atoms with E-state index >= 15 is 0 Å². The van der Waals surface area contributed by atoms with Gasteiger partial charge in [0.2, 0.25) is 11.8 Å². The first-order valence-corrected chi connectivity index (χ1v) is 8.54. The van der Waals surface area contributed by atoms with E-state index in [1.807, 2.05) is 0 Å². The highest BCUT2D eigenvalue weighted by atomic mass is 32.2. The minimum atomic E-state index is -4.53. The molecule has 0 aliphatic carbocycles. The Hall–Kier alpha value is -2.55. The van der Waals surface area contributed by atoms with E-state index < -0.39 is 22.9 Å². The summed E-state index contributed by atoms with van der Waals surface area (Å²) in [4.78, 5) is 30.0.